The molecule has 1 unspecified atom stereocenters. The highest BCUT2D eigenvalue weighted by Gasteiger charge is 2.10. The summed E-state index contributed by atoms with van der Waals surface area (Å²) in [5.74, 6) is 0.275. The van der Waals surface area contributed by atoms with Crippen LogP contribution in [0.25, 0.3) is 0 Å². The Morgan fingerprint density at radius 2 is 1.94 bits per heavy atom. The average Bonchev–Trinajstić information content (AvgIpc) is 2.22. The fraction of sp³-hybridized carbons (Fsp3) is 0.688. The zero-order valence-corrected chi connectivity index (χ0v) is 12.7. The molecule has 18 heavy (non-hydrogen) atoms. The minimum absolute atomic E-state index is 0.262. The molecule has 0 spiro atoms. The Hall–Kier alpha value is -1.05. The maximum Gasteiger partial charge on any atom is 0.330 e. The van der Waals surface area contributed by atoms with Gasteiger partial charge in [0.1, 0.15) is 0 Å². The van der Waals surface area contributed by atoms with Crippen LogP contribution in [0.1, 0.15) is 54.4 Å². The van der Waals surface area contributed by atoms with Gasteiger partial charge in [-0.15, -0.1) is 0 Å². The minimum atomic E-state index is -0.262. The quantitative estimate of drug-likeness (QED) is 0.395. The van der Waals surface area contributed by atoms with Crippen LogP contribution in [0.3, 0.4) is 0 Å². The maximum absolute atomic E-state index is 11.2. The molecule has 0 fully saturated rings. The fourth-order valence-corrected chi connectivity index (χ4v) is 1.49. The van der Waals surface area contributed by atoms with Crippen molar-refractivity contribution in [2.75, 3.05) is 6.61 Å². The Balaban J connectivity index is 4.17. The lowest BCUT2D eigenvalue weighted by Crippen LogP contribution is -2.06. The molecule has 0 aliphatic rings. The summed E-state index contributed by atoms with van der Waals surface area (Å²) in [5, 5.41) is 0. The van der Waals surface area contributed by atoms with E-state index < -0.39 is 0 Å². The van der Waals surface area contributed by atoms with Gasteiger partial charge in [-0.2, -0.15) is 0 Å². The van der Waals surface area contributed by atoms with Gasteiger partial charge in [0.25, 0.3) is 0 Å². The van der Waals surface area contributed by atoms with E-state index in [9.17, 15) is 4.79 Å². The number of esters is 1. The molecule has 0 aliphatic carbocycles. The highest BCUT2D eigenvalue weighted by molar-refractivity contribution is 5.83. The minimum Gasteiger partial charge on any atom is -0.463 e. The summed E-state index contributed by atoms with van der Waals surface area (Å²) in [6.07, 6.45) is 8.09. The fourth-order valence-electron chi connectivity index (χ4n) is 1.49. The van der Waals surface area contributed by atoms with E-state index in [-0.39, 0.29) is 5.97 Å². The number of hydrogen-bond acceptors (Lipinski definition) is 2. The lowest BCUT2D eigenvalue weighted by molar-refractivity contribution is -0.137. The maximum atomic E-state index is 11.2. The monoisotopic (exact) mass is 252 g/mol. The summed E-state index contributed by atoms with van der Waals surface area (Å²) in [6, 6.07) is 0. The van der Waals surface area contributed by atoms with Gasteiger partial charge in [0, 0.05) is 6.08 Å². The molecule has 0 rings (SSSR count). The van der Waals surface area contributed by atoms with Crippen LogP contribution in [0.4, 0.5) is 0 Å². The summed E-state index contributed by atoms with van der Waals surface area (Å²) in [7, 11) is 0. The third-order valence-corrected chi connectivity index (χ3v) is 2.67. The van der Waals surface area contributed by atoms with E-state index in [0.29, 0.717) is 17.9 Å². The van der Waals surface area contributed by atoms with E-state index >= 15 is 0 Å². The van der Waals surface area contributed by atoms with E-state index in [4.69, 9.17) is 4.74 Å². The molecule has 0 N–H and O–H groups in total. The lowest BCUT2D eigenvalue weighted by Gasteiger charge is -2.19. The Morgan fingerprint density at radius 1 is 1.33 bits per heavy atom. The molecule has 0 aromatic rings. The normalized spacial score (nSPS) is 14.9. The van der Waals surface area contributed by atoms with Crippen LogP contribution >= 0.6 is 0 Å². The second-order valence-electron chi connectivity index (χ2n) is 6.08. The van der Waals surface area contributed by atoms with Gasteiger partial charge in [-0.05, 0) is 43.6 Å². The zero-order valence-electron chi connectivity index (χ0n) is 12.7. The van der Waals surface area contributed by atoms with E-state index in [1.165, 1.54) is 18.9 Å². The van der Waals surface area contributed by atoms with Gasteiger partial charge in [0.05, 0.1) is 6.61 Å². The molecule has 0 aromatic carbocycles. The molecule has 0 amide bonds. The first-order chi connectivity index (χ1) is 8.24. The van der Waals surface area contributed by atoms with Crippen molar-refractivity contribution in [1.82, 2.24) is 0 Å². The number of carbonyl (C=O) groups excluding carboxylic acids is 1. The average molecular weight is 252 g/mol. The SMILES string of the molecule is CCOC(=O)/C=C(C)/C=C/C(C)CCC(C)(C)C. The molecule has 1 atom stereocenters. The van der Waals surface area contributed by atoms with E-state index in [1.54, 1.807) is 0 Å². The third kappa shape index (κ3) is 10.1. The standard InChI is InChI=1S/C16H28O2/c1-7-18-15(17)12-14(3)9-8-13(2)10-11-16(4,5)6/h8-9,12-13H,7,10-11H2,1-6H3/b9-8+,14-12+. The van der Waals surface area contributed by atoms with Gasteiger partial charge < -0.3 is 4.74 Å². The number of allylic oxidation sites excluding steroid dienone is 3. The van der Waals surface area contributed by atoms with Gasteiger partial charge in [0.2, 0.25) is 0 Å². The van der Waals surface area contributed by atoms with Crippen molar-refractivity contribution in [1.29, 1.82) is 0 Å². The molecule has 2 nitrogen and oxygen atoms in total. The smallest absolute Gasteiger partial charge is 0.330 e. The van der Waals surface area contributed by atoms with E-state index in [2.05, 4.69) is 33.8 Å². The van der Waals surface area contributed by atoms with Crippen LogP contribution < -0.4 is 0 Å². The Morgan fingerprint density at radius 3 is 2.44 bits per heavy atom. The summed E-state index contributed by atoms with van der Waals surface area (Å²) in [6.45, 7) is 13.1. The van der Waals surface area contributed by atoms with E-state index in [1.807, 2.05) is 19.9 Å². The predicted octanol–water partition coefficient (Wildman–Crippen LogP) is 4.51. The molecular formula is C16H28O2. The van der Waals surface area contributed by atoms with Crippen molar-refractivity contribution in [2.45, 2.75) is 54.4 Å². The van der Waals surface area contributed by atoms with Gasteiger partial charge in [0.15, 0.2) is 0 Å². The number of rotatable bonds is 6. The molecular weight excluding hydrogens is 224 g/mol. The van der Waals surface area contributed by atoms with Crippen molar-refractivity contribution in [3.05, 3.63) is 23.8 Å². The van der Waals surface area contributed by atoms with Gasteiger partial charge in [-0.1, -0.05) is 39.8 Å². The highest BCUT2D eigenvalue weighted by atomic mass is 16.5. The van der Waals surface area contributed by atoms with Crippen LogP contribution in [-0.4, -0.2) is 12.6 Å². The molecule has 0 saturated carbocycles. The summed E-state index contributed by atoms with van der Waals surface area (Å²) in [4.78, 5) is 11.2. The molecule has 0 aromatic heterocycles. The first-order valence-corrected chi connectivity index (χ1v) is 6.78. The largest absolute Gasteiger partial charge is 0.463 e. The predicted molar refractivity (Wildman–Crippen MR) is 77.4 cm³/mol. The summed E-state index contributed by atoms with van der Waals surface area (Å²) >= 11 is 0. The van der Waals surface area contributed by atoms with Crippen molar-refractivity contribution in [3.63, 3.8) is 0 Å². The second kappa shape index (κ2) is 8.12. The van der Waals surface area contributed by atoms with Crippen molar-refractivity contribution in [2.24, 2.45) is 11.3 Å². The molecule has 2 heteroatoms. The molecule has 0 aliphatic heterocycles. The highest BCUT2D eigenvalue weighted by Crippen LogP contribution is 2.24. The van der Waals surface area contributed by atoms with Crippen LogP contribution in [0.5, 0.6) is 0 Å². The van der Waals surface area contributed by atoms with Gasteiger partial charge in [-0.3, -0.25) is 0 Å². The molecule has 104 valence electrons. The zero-order chi connectivity index (χ0) is 14.2. The summed E-state index contributed by atoms with van der Waals surface area (Å²) in [5.41, 5.74) is 1.33. The molecule has 0 heterocycles. The van der Waals surface area contributed by atoms with Crippen molar-refractivity contribution >= 4 is 5.97 Å². The first-order valence-electron chi connectivity index (χ1n) is 6.78. The Kier molecular flexibility index (Phi) is 7.65. The Bertz CT molecular complexity index is 306. The Labute approximate surface area is 112 Å². The van der Waals surface area contributed by atoms with Crippen molar-refractivity contribution < 1.29 is 9.53 Å². The van der Waals surface area contributed by atoms with Crippen LogP contribution in [0, 0.1) is 11.3 Å². The van der Waals surface area contributed by atoms with Crippen molar-refractivity contribution in [3.8, 4) is 0 Å². The number of hydrogen-bond donors (Lipinski definition) is 0. The number of carbonyl (C=O) groups is 1. The first kappa shape index (κ1) is 16.9. The van der Waals surface area contributed by atoms with Gasteiger partial charge in [-0.25, -0.2) is 4.79 Å². The van der Waals surface area contributed by atoms with Crippen LogP contribution in [0.15, 0.2) is 23.8 Å². The third-order valence-electron chi connectivity index (χ3n) is 2.67. The molecule has 0 bridgehead atoms. The second-order valence-corrected chi connectivity index (χ2v) is 6.08. The van der Waals surface area contributed by atoms with E-state index in [0.717, 1.165) is 5.57 Å². The number of ether oxygens (including phenoxy) is 1. The van der Waals surface area contributed by atoms with Crippen LogP contribution in [-0.2, 0) is 9.53 Å². The van der Waals surface area contributed by atoms with Crippen LogP contribution in [0.2, 0.25) is 0 Å². The molecule has 0 radical (unpaired) electrons. The topological polar surface area (TPSA) is 26.3 Å². The summed E-state index contributed by atoms with van der Waals surface area (Å²) < 4.78 is 4.86. The lowest BCUT2D eigenvalue weighted by atomic mass is 9.87. The molecule has 0 saturated heterocycles. The van der Waals surface area contributed by atoms with Gasteiger partial charge >= 0.3 is 5.97 Å².